The largest absolute Gasteiger partial charge is 0.465 e. The summed E-state index contributed by atoms with van der Waals surface area (Å²) in [6, 6.07) is 0. The molecule has 0 spiro atoms. The summed E-state index contributed by atoms with van der Waals surface area (Å²) in [5, 5.41) is 22.0. The van der Waals surface area contributed by atoms with Gasteiger partial charge in [0.05, 0.1) is 24.2 Å². The van der Waals surface area contributed by atoms with Crippen molar-refractivity contribution >= 4 is 5.97 Å². The number of carbonyl (C=O) groups is 1. The molecule has 37 heavy (non-hydrogen) atoms. The van der Waals surface area contributed by atoms with Crippen molar-refractivity contribution in [2.24, 2.45) is 50.2 Å². The van der Waals surface area contributed by atoms with Crippen LogP contribution in [0.2, 0.25) is 0 Å². The molecule has 0 aromatic rings. The maximum atomic E-state index is 13.7. The molecule has 0 bridgehead atoms. The van der Waals surface area contributed by atoms with Gasteiger partial charge in [0.25, 0.3) is 0 Å². The second kappa shape index (κ2) is 8.56. The minimum absolute atomic E-state index is 0.0133. The lowest BCUT2D eigenvalue weighted by molar-refractivity contribution is -0.232. The molecule has 4 saturated carbocycles. The van der Waals surface area contributed by atoms with Crippen LogP contribution >= 0.6 is 0 Å². The molecule has 210 valence electrons. The molecule has 5 aliphatic carbocycles. The van der Waals surface area contributed by atoms with Crippen LogP contribution in [0.3, 0.4) is 0 Å². The SMILES string of the molecule is CCCOC(=O)[C@]12CCC(C)(C)C[C@@H]1C1=CC[C@H]3[C@@]4(C)C[C@H](O)[C@H](O)C(C)(C)[C@@H]4CC[C@@]3(C)[C@@]1(C)CC2. The molecule has 5 aliphatic rings. The Bertz CT molecular complexity index is 965. The van der Waals surface area contributed by atoms with Crippen LogP contribution in [0.15, 0.2) is 11.6 Å². The summed E-state index contributed by atoms with van der Waals surface area (Å²) in [4.78, 5) is 13.7. The van der Waals surface area contributed by atoms with Gasteiger partial charge in [0.2, 0.25) is 0 Å². The molecule has 4 nitrogen and oxygen atoms in total. The average molecular weight is 515 g/mol. The van der Waals surface area contributed by atoms with E-state index in [0.717, 1.165) is 57.8 Å². The number of carbonyl (C=O) groups excluding carboxylic acids is 1. The average Bonchev–Trinajstić information content (AvgIpc) is 2.81. The predicted octanol–water partition coefficient (Wildman–Crippen LogP) is 7.07. The van der Waals surface area contributed by atoms with E-state index in [1.54, 1.807) is 5.57 Å². The van der Waals surface area contributed by atoms with Gasteiger partial charge in [-0.05, 0) is 109 Å². The highest BCUT2D eigenvalue weighted by atomic mass is 16.5. The molecule has 9 atom stereocenters. The van der Waals surface area contributed by atoms with Crippen LogP contribution in [0.5, 0.6) is 0 Å². The minimum Gasteiger partial charge on any atom is -0.465 e. The van der Waals surface area contributed by atoms with E-state index in [0.29, 0.717) is 24.9 Å². The fraction of sp³-hybridized carbons (Fsp3) is 0.909. The topological polar surface area (TPSA) is 66.8 Å². The van der Waals surface area contributed by atoms with Gasteiger partial charge in [-0.1, -0.05) is 67.0 Å². The van der Waals surface area contributed by atoms with Crippen molar-refractivity contribution in [1.29, 1.82) is 0 Å². The number of allylic oxidation sites excluding steroid dienone is 2. The summed E-state index contributed by atoms with van der Waals surface area (Å²) in [6.07, 6.45) is 11.1. The zero-order valence-electron chi connectivity index (χ0n) is 25.0. The number of hydrogen-bond donors (Lipinski definition) is 2. The molecule has 0 unspecified atom stereocenters. The third-order valence-electron chi connectivity index (χ3n) is 13.4. The Kier molecular flexibility index (Phi) is 6.41. The van der Waals surface area contributed by atoms with Gasteiger partial charge in [0.15, 0.2) is 0 Å². The van der Waals surface area contributed by atoms with Crippen molar-refractivity contribution < 1.29 is 19.7 Å². The number of aliphatic hydroxyl groups excluding tert-OH is 2. The summed E-state index contributed by atoms with van der Waals surface area (Å²) in [5.74, 6) is 1.19. The summed E-state index contributed by atoms with van der Waals surface area (Å²) in [6.45, 7) is 19.2. The lowest BCUT2D eigenvalue weighted by atomic mass is 9.33. The summed E-state index contributed by atoms with van der Waals surface area (Å²) >= 11 is 0. The van der Waals surface area contributed by atoms with Crippen LogP contribution in [0, 0.1) is 50.2 Å². The van der Waals surface area contributed by atoms with E-state index in [1.165, 1.54) is 0 Å². The summed E-state index contributed by atoms with van der Waals surface area (Å²) < 4.78 is 5.92. The molecule has 0 aromatic carbocycles. The molecular weight excluding hydrogens is 460 g/mol. The van der Waals surface area contributed by atoms with Gasteiger partial charge in [0, 0.05) is 0 Å². The second-order valence-corrected chi connectivity index (χ2v) is 16.0. The van der Waals surface area contributed by atoms with Crippen LogP contribution in [0.4, 0.5) is 0 Å². The van der Waals surface area contributed by atoms with E-state index in [9.17, 15) is 15.0 Å². The number of ether oxygens (including phenoxy) is 1. The minimum atomic E-state index is -0.664. The maximum Gasteiger partial charge on any atom is 0.312 e. The highest BCUT2D eigenvalue weighted by molar-refractivity contribution is 5.78. The van der Waals surface area contributed by atoms with Gasteiger partial charge < -0.3 is 14.9 Å². The van der Waals surface area contributed by atoms with E-state index in [2.05, 4.69) is 61.5 Å². The van der Waals surface area contributed by atoms with Gasteiger partial charge >= 0.3 is 5.97 Å². The first-order valence-electron chi connectivity index (χ1n) is 15.3. The zero-order chi connectivity index (χ0) is 27.2. The van der Waals surface area contributed by atoms with E-state index in [-0.39, 0.29) is 44.4 Å². The van der Waals surface area contributed by atoms with Crippen LogP contribution < -0.4 is 0 Å². The van der Waals surface area contributed by atoms with E-state index < -0.39 is 12.2 Å². The first-order chi connectivity index (χ1) is 17.1. The second-order valence-electron chi connectivity index (χ2n) is 16.0. The molecular formula is C33H54O4. The fourth-order valence-electron chi connectivity index (χ4n) is 11.1. The quantitative estimate of drug-likeness (QED) is 0.312. The fourth-order valence-corrected chi connectivity index (χ4v) is 11.1. The maximum absolute atomic E-state index is 13.7. The van der Waals surface area contributed by atoms with Crippen molar-refractivity contribution in [2.45, 2.75) is 132 Å². The van der Waals surface area contributed by atoms with E-state index in [4.69, 9.17) is 4.74 Å². The Morgan fingerprint density at radius 2 is 1.62 bits per heavy atom. The Labute approximate surface area is 226 Å². The summed E-state index contributed by atoms with van der Waals surface area (Å²) in [5.41, 5.74) is 1.26. The van der Waals surface area contributed by atoms with E-state index in [1.807, 2.05) is 0 Å². The van der Waals surface area contributed by atoms with Crippen molar-refractivity contribution in [3.63, 3.8) is 0 Å². The molecule has 0 aromatic heterocycles. The number of esters is 1. The van der Waals surface area contributed by atoms with Gasteiger partial charge in [-0.15, -0.1) is 0 Å². The van der Waals surface area contributed by atoms with Crippen molar-refractivity contribution in [3.05, 3.63) is 11.6 Å². The van der Waals surface area contributed by atoms with Crippen LogP contribution in [0.1, 0.15) is 120 Å². The summed E-state index contributed by atoms with van der Waals surface area (Å²) in [7, 11) is 0. The standard InChI is InChI=1S/C33H54O4/c1-9-18-37-27(36)33-16-14-28(2,3)19-22(33)21-10-11-25-30(6)20-23(34)26(35)29(4,5)24(30)12-13-32(25,8)31(21,7)15-17-33/h10,22-26,34-35H,9,11-20H2,1-8H3/t22-,23+,24+,25+,26+,30+,31+,32-,33+/m1/s1. The van der Waals surface area contributed by atoms with Gasteiger partial charge in [-0.25, -0.2) is 0 Å². The van der Waals surface area contributed by atoms with Crippen LogP contribution in [0.25, 0.3) is 0 Å². The lowest BCUT2D eigenvalue weighted by Crippen LogP contribution is -2.67. The van der Waals surface area contributed by atoms with Crippen molar-refractivity contribution in [1.82, 2.24) is 0 Å². The lowest BCUT2D eigenvalue weighted by Gasteiger charge is -2.71. The third kappa shape index (κ3) is 3.63. The van der Waals surface area contributed by atoms with Crippen molar-refractivity contribution in [3.8, 4) is 0 Å². The number of aliphatic hydroxyl groups is 2. The monoisotopic (exact) mass is 514 g/mol. The molecule has 0 amide bonds. The van der Waals surface area contributed by atoms with Gasteiger partial charge in [-0.2, -0.15) is 0 Å². The van der Waals surface area contributed by atoms with Crippen LogP contribution in [-0.2, 0) is 9.53 Å². The molecule has 0 saturated heterocycles. The van der Waals surface area contributed by atoms with Crippen molar-refractivity contribution in [2.75, 3.05) is 6.61 Å². The highest BCUT2D eigenvalue weighted by Crippen LogP contribution is 2.75. The first kappa shape index (κ1) is 27.7. The molecule has 4 fully saturated rings. The smallest absolute Gasteiger partial charge is 0.312 e. The molecule has 0 aliphatic heterocycles. The van der Waals surface area contributed by atoms with Gasteiger partial charge in [0.1, 0.15) is 0 Å². The highest BCUT2D eigenvalue weighted by Gasteiger charge is 2.70. The number of fused-ring (bicyclic) bond motifs is 7. The van der Waals surface area contributed by atoms with Crippen LogP contribution in [-0.4, -0.2) is 35.0 Å². The van der Waals surface area contributed by atoms with Gasteiger partial charge in [-0.3, -0.25) is 4.79 Å². The third-order valence-corrected chi connectivity index (χ3v) is 13.4. The molecule has 0 heterocycles. The van der Waals surface area contributed by atoms with E-state index >= 15 is 0 Å². The Morgan fingerprint density at radius 3 is 2.30 bits per heavy atom. The molecule has 0 radical (unpaired) electrons. The Balaban J connectivity index is 1.58. The number of hydrogen-bond acceptors (Lipinski definition) is 4. The zero-order valence-corrected chi connectivity index (χ0v) is 25.0. The predicted molar refractivity (Wildman–Crippen MR) is 148 cm³/mol. The number of rotatable bonds is 3. The normalized spacial score (nSPS) is 50.0. The Morgan fingerprint density at radius 1 is 0.946 bits per heavy atom. The molecule has 4 heteroatoms. The molecule has 5 rings (SSSR count). The first-order valence-corrected chi connectivity index (χ1v) is 15.3. The Hall–Kier alpha value is -0.870. The molecule has 2 N–H and O–H groups in total.